The number of carbonyl (C=O) groups excluding carboxylic acids is 1. The molecule has 0 heterocycles. The fourth-order valence-corrected chi connectivity index (χ4v) is 5.41. The van der Waals surface area contributed by atoms with Crippen molar-refractivity contribution >= 4 is 5.97 Å². The van der Waals surface area contributed by atoms with Gasteiger partial charge in [-0.05, 0) is 79.6 Å². The number of unbranched alkanes of at least 4 members (excludes halogenated alkanes) is 5. The third-order valence-corrected chi connectivity index (χ3v) is 7.62. The van der Waals surface area contributed by atoms with Crippen LogP contribution in [0.5, 0.6) is 17.2 Å². The summed E-state index contributed by atoms with van der Waals surface area (Å²) in [6.45, 7) is 5.93. The molecule has 0 aliphatic heterocycles. The zero-order chi connectivity index (χ0) is 26.1. The molecule has 0 bridgehead atoms. The van der Waals surface area contributed by atoms with Gasteiger partial charge >= 0.3 is 5.97 Å². The minimum atomic E-state index is -0.371. The van der Waals surface area contributed by atoms with E-state index in [0.29, 0.717) is 17.9 Å². The van der Waals surface area contributed by atoms with Gasteiger partial charge in [0.1, 0.15) is 17.2 Å². The Labute approximate surface area is 225 Å². The lowest BCUT2D eigenvalue weighted by Gasteiger charge is -2.31. The molecule has 4 nitrogen and oxygen atoms in total. The van der Waals surface area contributed by atoms with Crippen molar-refractivity contribution in [3.05, 3.63) is 54.1 Å². The highest BCUT2D eigenvalue weighted by Crippen LogP contribution is 2.36. The van der Waals surface area contributed by atoms with Crippen LogP contribution in [0.2, 0.25) is 0 Å². The number of carbonyl (C=O) groups is 1. The van der Waals surface area contributed by atoms with Crippen LogP contribution in [0.15, 0.2) is 48.5 Å². The van der Waals surface area contributed by atoms with Crippen LogP contribution in [-0.2, 0) is 0 Å². The Kier molecular flexibility index (Phi) is 13.4. The van der Waals surface area contributed by atoms with Gasteiger partial charge in [0.05, 0.1) is 18.8 Å². The molecule has 0 radical (unpaired) electrons. The Morgan fingerprint density at radius 2 is 1.16 bits per heavy atom. The molecule has 0 amide bonds. The second kappa shape index (κ2) is 17.1. The zero-order valence-corrected chi connectivity index (χ0v) is 23.2. The predicted octanol–water partition coefficient (Wildman–Crippen LogP) is 9.41. The van der Waals surface area contributed by atoms with E-state index in [2.05, 4.69) is 13.8 Å². The fraction of sp³-hybridized carbons (Fsp3) is 0.606. The van der Waals surface area contributed by atoms with E-state index < -0.39 is 0 Å². The maximum atomic E-state index is 12.5. The molecule has 0 spiro atoms. The number of hydrogen-bond acceptors (Lipinski definition) is 4. The first-order chi connectivity index (χ1) is 18.2. The molecule has 1 aliphatic carbocycles. The summed E-state index contributed by atoms with van der Waals surface area (Å²) in [6, 6.07) is 14.5. The van der Waals surface area contributed by atoms with E-state index in [1.54, 1.807) is 24.3 Å². The van der Waals surface area contributed by atoms with Crippen molar-refractivity contribution < 1.29 is 19.0 Å². The van der Waals surface area contributed by atoms with E-state index >= 15 is 0 Å². The monoisotopic (exact) mass is 508 g/mol. The largest absolute Gasteiger partial charge is 0.494 e. The van der Waals surface area contributed by atoms with Crippen molar-refractivity contribution in [1.82, 2.24) is 0 Å². The molecule has 2 aromatic rings. The summed E-state index contributed by atoms with van der Waals surface area (Å²) in [6.07, 6.45) is 18.2. The summed E-state index contributed by atoms with van der Waals surface area (Å²) in [5.41, 5.74) is 0.509. The van der Waals surface area contributed by atoms with Gasteiger partial charge in [-0.1, -0.05) is 84.5 Å². The molecule has 1 aliphatic rings. The molecule has 204 valence electrons. The van der Waals surface area contributed by atoms with Crippen molar-refractivity contribution in [2.75, 3.05) is 13.2 Å². The van der Waals surface area contributed by atoms with Crippen molar-refractivity contribution in [2.24, 2.45) is 11.8 Å². The standard InChI is InChI=1S/C33H48O4/c1-3-5-7-11-25-35-30-19-17-29(18-20-30)33(34)37-32-23-21-31(22-24-32)36-26-12-16-28-15-10-9-14-27(28)13-8-6-4-2/h17-24,27-28H,3-16,25-26H2,1-2H3. The molecule has 2 atom stereocenters. The maximum Gasteiger partial charge on any atom is 0.343 e. The summed E-state index contributed by atoms with van der Waals surface area (Å²) in [5.74, 6) is 3.55. The average Bonchev–Trinajstić information content (AvgIpc) is 2.93. The van der Waals surface area contributed by atoms with Crippen LogP contribution in [-0.4, -0.2) is 19.2 Å². The SMILES string of the molecule is CCCCCCOc1ccc(C(=O)Oc2ccc(OCCCC3CCCCC3CCCCC)cc2)cc1. The number of ether oxygens (including phenoxy) is 3. The molecule has 1 fully saturated rings. The molecule has 37 heavy (non-hydrogen) atoms. The van der Waals surface area contributed by atoms with Gasteiger partial charge in [-0.25, -0.2) is 4.79 Å². The van der Waals surface area contributed by atoms with E-state index in [0.717, 1.165) is 42.8 Å². The van der Waals surface area contributed by atoms with Gasteiger partial charge < -0.3 is 14.2 Å². The minimum Gasteiger partial charge on any atom is -0.494 e. The Balaban J connectivity index is 1.35. The summed E-state index contributed by atoms with van der Waals surface area (Å²) >= 11 is 0. The Bertz CT molecular complexity index is 874. The minimum absolute atomic E-state index is 0.371. The lowest BCUT2D eigenvalue weighted by atomic mass is 9.74. The Hall–Kier alpha value is -2.49. The smallest absolute Gasteiger partial charge is 0.343 e. The molecular formula is C33H48O4. The number of benzene rings is 2. The first-order valence-corrected chi connectivity index (χ1v) is 14.9. The highest BCUT2D eigenvalue weighted by molar-refractivity contribution is 5.91. The van der Waals surface area contributed by atoms with Crippen LogP contribution >= 0.6 is 0 Å². The third-order valence-electron chi connectivity index (χ3n) is 7.62. The van der Waals surface area contributed by atoms with Crippen LogP contribution in [0.3, 0.4) is 0 Å². The van der Waals surface area contributed by atoms with Crippen molar-refractivity contribution in [1.29, 1.82) is 0 Å². The van der Waals surface area contributed by atoms with Crippen LogP contribution in [0.25, 0.3) is 0 Å². The van der Waals surface area contributed by atoms with E-state index in [1.807, 2.05) is 24.3 Å². The van der Waals surface area contributed by atoms with Crippen molar-refractivity contribution in [3.8, 4) is 17.2 Å². The van der Waals surface area contributed by atoms with E-state index in [1.165, 1.54) is 77.0 Å². The van der Waals surface area contributed by atoms with E-state index in [-0.39, 0.29) is 5.97 Å². The fourth-order valence-electron chi connectivity index (χ4n) is 5.41. The molecule has 3 rings (SSSR count). The molecule has 2 unspecified atom stereocenters. The summed E-state index contributed by atoms with van der Waals surface area (Å²) in [4.78, 5) is 12.5. The predicted molar refractivity (Wildman–Crippen MR) is 152 cm³/mol. The van der Waals surface area contributed by atoms with Gasteiger partial charge in [0.2, 0.25) is 0 Å². The molecule has 4 heteroatoms. The van der Waals surface area contributed by atoms with Crippen molar-refractivity contribution in [2.45, 2.75) is 104 Å². The normalized spacial score (nSPS) is 17.4. The lowest BCUT2D eigenvalue weighted by Crippen LogP contribution is -2.20. The first-order valence-electron chi connectivity index (χ1n) is 14.9. The van der Waals surface area contributed by atoms with Crippen LogP contribution in [0.1, 0.15) is 114 Å². The summed E-state index contributed by atoms with van der Waals surface area (Å²) in [7, 11) is 0. The molecule has 0 saturated heterocycles. The van der Waals surface area contributed by atoms with E-state index in [9.17, 15) is 4.79 Å². The highest BCUT2D eigenvalue weighted by atomic mass is 16.5. The first kappa shape index (κ1) is 29.1. The molecule has 2 aromatic carbocycles. The van der Waals surface area contributed by atoms with Gasteiger partial charge in [-0.2, -0.15) is 0 Å². The van der Waals surface area contributed by atoms with Gasteiger partial charge in [0.25, 0.3) is 0 Å². The highest BCUT2D eigenvalue weighted by Gasteiger charge is 2.24. The van der Waals surface area contributed by atoms with Gasteiger partial charge in [0.15, 0.2) is 0 Å². The second-order valence-electron chi connectivity index (χ2n) is 10.6. The Morgan fingerprint density at radius 3 is 1.78 bits per heavy atom. The van der Waals surface area contributed by atoms with E-state index in [4.69, 9.17) is 14.2 Å². The lowest BCUT2D eigenvalue weighted by molar-refractivity contribution is 0.0734. The number of hydrogen-bond donors (Lipinski definition) is 0. The van der Waals surface area contributed by atoms with Crippen LogP contribution in [0.4, 0.5) is 0 Å². The quantitative estimate of drug-likeness (QED) is 0.121. The summed E-state index contributed by atoms with van der Waals surface area (Å²) < 4.78 is 17.3. The van der Waals surface area contributed by atoms with Gasteiger partial charge in [-0.15, -0.1) is 0 Å². The number of rotatable bonds is 17. The van der Waals surface area contributed by atoms with Gasteiger partial charge in [0, 0.05) is 0 Å². The maximum absolute atomic E-state index is 12.5. The van der Waals surface area contributed by atoms with Crippen LogP contribution in [0, 0.1) is 11.8 Å². The Morgan fingerprint density at radius 1 is 0.649 bits per heavy atom. The molecule has 0 aromatic heterocycles. The second-order valence-corrected chi connectivity index (χ2v) is 10.6. The van der Waals surface area contributed by atoms with Crippen molar-refractivity contribution in [3.63, 3.8) is 0 Å². The average molecular weight is 509 g/mol. The molecule has 0 N–H and O–H groups in total. The molecule has 1 saturated carbocycles. The third kappa shape index (κ3) is 10.8. The molecular weight excluding hydrogens is 460 g/mol. The number of esters is 1. The zero-order valence-electron chi connectivity index (χ0n) is 23.2. The summed E-state index contributed by atoms with van der Waals surface area (Å²) in [5, 5.41) is 0. The van der Waals surface area contributed by atoms with Crippen LogP contribution < -0.4 is 14.2 Å². The topological polar surface area (TPSA) is 44.8 Å². The van der Waals surface area contributed by atoms with Gasteiger partial charge in [-0.3, -0.25) is 0 Å².